The van der Waals surface area contributed by atoms with Crippen molar-refractivity contribution in [2.24, 2.45) is 0 Å². The maximum Gasteiger partial charge on any atom is 0.246 e. The van der Waals surface area contributed by atoms with Crippen LogP contribution in [0.2, 0.25) is 0 Å². The zero-order valence-electron chi connectivity index (χ0n) is 39.7. The lowest BCUT2D eigenvalue weighted by Crippen LogP contribution is -2.48. The molecule has 0 aromatic carbocycles. The zero-order valence-corrected chi connectivity index (χ0v) is 39.7. The highest BCUT2D eigenvalue weighted by Crippen LogP contribution is 2.02. The van der Waals surface area contributed by atoms with Crippen LogP contribution in [0.5, 0.6) is 0 Å². The van der Waals surface area contributed by atoms with Crippen LogP contribution in [-0.4, -0.2) is 248 Å². The van der Waals surface area contributed by atoms with Gasteiger partial charge in [-0.15, -0.1) is 0 Å². The Hall–Kier alpha value is -3.21. The molecule has 0 bridgehead atoms. The first-order valence-corrected chi connectivity index (χ1v) is 22.6. The van der Waals surface area contributed by atoms with Crippen LogP contribution in [0.25, 0.3) is 0 Å². The van der Waals surface area contributed by atoms with Crippen LogP contribution in [-0.2, 0) is 90.3 Å². The van der Waals surface area contributed by atoms with Gasteiger partial charge >= 0.3 is 0 Å². The summed E-state index contributed by atoms with van der Waals surface area (Å²) in [5.41, 5.74) is 0. The molecular weight excluding hydrogens is 878 g/mol. The third kappa shape index (κ3) is 47.3. The van der Waals surface area contributed by atoms with Gasteiger partial charge in [0.1, 0.15) is 32.5 Å². The lowest BCUT2D eigenvalue weighted by molar-refractivity contribution is -0.132. The molecule has 0 aliphatic rings. The Morgan fingerprint density at radius 3 is 1.06 bits per heavy atom. The normalized spacial score (nSPS) is 11.6. The molecule has 24 nitrogen and oxygen atoms in total. The summed E-state index contributed by atoms with van der Waals surface area (Å²) in [5, 5.41) is 13.7. The Morgan fingerprint density at radius 2 is 0.667 bits per heavy atom. The van der Waals surface area contributed by atoms with E-state index in [4.69, 9.17) is 66.3 Å². The van der Waals surface area contributed by atoms with E-state index >= 15 is 0 Å². The Bertz CT molecular complexity index is 1150. The van der Waals surface area contributed by atoms with Crippen molar-refractivity contribution in [2.45, 2.75) is 32.2 Å². The third-order valence-electron chi connectivity index (χ3n) is 8.18. The van der Waals surface area contributed by atoms with Crippen LogP contribution < -0.4 is 26.6 Å². The molecule has 1 unspecified atom stereocenters. The first kappa shape index (κ1) is 62.8. The quantitative estimate of drug-likeness (QED) is 0.0398. The average Bonchev–Trinajstić information content (AvgIpc) is 3.30. The highest BCUT2D eigenvalue weighted by molar-refractivity contribution is 5.88. The molecule has 0 spiro atoms. The number of amides is 5. The van der Waals surface area contributed by atoms with E-state index < -0.39 is 11.9 Å². The van der Waals surface area contributed by atoms with Gasteiger partial charge in [-0.05, 0) is 26.2 Å². The van der Waals surface area contributed by atoms with E-state index in [2.05, 4.69) is 26.6 Å². The molecule has 0 aromatic rings. The Labute approximate surface area is 390 Å². The second-order valence-electron chi connectivity index (χ2n) is 13.6. The summed E-state index contributed by atoms with van der Waals surface area (Å²) < 4.78 is 73.9. The van der Waals surface area contributed by atoms with E-state index in [-0.39, 0.29) is 89.6 Å². The number of carbonyl (C=O) groups excluding carboxylic acids is 5. The van der Waals surface area contributed by atoms with Crippen LogP contribution in [0, 0.1) is 0 Å². The molecule has 24 heteroatoms. The highest BCUT2D eigenvalue weighted by Gasteiger charge is 2.20. The van der Waals surface area contributed by atoms with Gasteiger partial charge in [0.05, 0.1) is 139 Å². The maximum absolute atomic E-state index is 13.0. The molecule has 66 heavy (non-hydrogen) atoms. The van der Waals surface area contributed by atoms with Gasteiger partial charge in [-0.3, -0.25) is 24.0 Å². The largest absolute Gasteiger partial charge is 0.382 e. The minimum atomic E-state index is -0.820. The van der Waals surface area contributed by atoms with Crippen LogP contribution in [0.15, 0.2) is 0 Å². The highest BCUT2D eigenvalue weighted by atomic mass is 16.6. The van der Waals surface area contributed by atoms with Crippen molar-refractivity contribution in [1.82, 2.24) is 26.6 Å². The summed E-state index contributed by atoms with van der Waals surface area (Å²) in [6.07, 6.45) is 1.43. The van der Waals surface area contributed by atoms with Crippen molar-refractivity contribution in [3.05, 3.63) is 0 Å². The van der Waals surface area contributed by atoms with Gasteiger partial charge in [0.15, 0.2) is 0 Å². The number of nitrogens with one attached hydrogen (secondary N) is 5. The molecule has 0 heterocycles. The minimum absolute atomic E-state index is 0.0561. The summed E-state index contributed by atoms with van der Waals surface area (Å²) in [4.78, 5) is 61.4. The standard InChI is InChI=1S/C42H81N5O19/c1-4-55-19-20-58-14-11-46-42(52)37(47-41(51)36-66-32-28-62-24-22-57-13-10-45-40(50)35-65-30-26-60-18-16-54-3)7-5-6-8-43-38(48)33-63-31-27-61-23-21-56-12-9-44-39(49)34-64-29-25-59-17-15-53-2/h37H,4-36H2,1-3H3,(H,43,48)(H,44,49)(H,45,50)(H,46,52)(H,47,51). The van der Waals surface area contributed by atoms with Gasteiger partial charge in [0.2, 0.25) is 29.5 Å². The number of carbonyl (C=O) groups is 5. The number of hydrogen-bond acceptors (Lipinski definition) is 19. The van der Waals surface area contributed by atoms with Crippen molar-refractivity contribution in [2.75, 3.05) is 212 Å². The number of hydrogen-bond donors (Lipinski definition) is 5. The fourth-order valence-electron chi connectivity index (χ4n) is 4.88. The maximum atomic E-state index is 13.0. The van der Waals surface area contributed by atoms with Gasteiger partial charge in [-0.25, -0.2) is 0 Å². The van der Waals surface area contributed by atoms with Crippen LogP contribution in [0.1, 0.15) is 26.2 Å². The predicted octanol–water partition coefficient (Wildman–Crippen LogP) is -2.38. The second-order valence-corrected chi connectivity index (χ2v) is 13.6. The molecule has 0 rings (SSSR count). The van der Waals surface area contributed by atoms with Gasteiger partial charge in [-0.2, -0.15) is 0 Å². The molecule has 388 valence electrons. The van der Waals surface area contributed by atoms with Crippen LogP contribution in [0.4, 0.5) is 0 Å². The molecule has 5 amide bonds. The summed E-state index contributed by atoms with van der Waals surface area (Å²) in [5.74, 6) is -1.60. The van der Waals surface area contributed by atoms with Crippen molar-refractivity contribution in [3.63, 3.8) is 0 Å². The van der Waals surface area contributed by atoms with Gasteiger partial charge in [0.25, 0.3) is 0 Å². The first-order chi connectivity index (χ1) is 32.3. The Balaban J connectivity index is 4.10. The second kappa shape index (κ2) is 51.2. The van der Waals surface area contributed by atoms with E-state index in [0.29, 0.717) is 151 Å². The van der Waals surface area contributed by atoms with Crippen molar-refractivity contribution in [3.8, 4) is 0 Å². The lowest BCUT2D eigenvalue weighted by Gasteiger charge is -2.19. The fraction of sp³-hybridized carbons (Fsp3) is 0.881. The summed E-state index contributed by atoms with van der Waals surface area (Å²) in [6, 6.07) is -0.820. The fourth-order valence-corrected chi connectivity index (χ4v) is 4.88. The number of rotatable bonds is 52. The van der Waals surface area contributed by atoms with Crippen LogP contribution >= 0.6 is 0 Å². The summed E-state index contributed by atoms with van der Waals surface area (Å²) >= 11 is 0. The first-order valence-electron chi connectivity index (χ1n) is 22.6. The predicted molar refractivity (Wildman–Crippen MR) is 237 cm³/mol. The Kier molecular flexibility index (Phi) is 48.7. The molecule has 0 aliphatic heterocycles. The number of methoxy groups -OCH3 is 2. The van der Waals surface area contributed by atoms with E-state index in [1.54, 1.807) is 14.2 Å². The van der Waals surface area contributed by atoms with Crippen molar-refractivity contribution in [1.29, 1.82) is 0 Å². The molecule has 0 aliphatic carbocycles. The monoisotopic (exact) mass is 960 g/mol. The van der Waals surface area contributed by atoms with E-state index in [9.17, 15) is 24.0 Å². The van der Waals surface area contributed by atoms with Crippen molar-refractivity contribution < 1.29 is 90.3 Å². The molecule has 0 saturated heterocycles. The van der Waals surface area contributed by atoms with Crippen LogP contribution in [0.3, 0.4) is 0 Å². The van der Waals surface area contributed by atoms with Crippen molar-refractivity contribution >= 4 is 29.5 Å². The van der Waals surface area contributed by atoms with E-state index in [0.717, 1.165) is 0 Å². The van der Waals surface area contributed by atoms with E-state index in [1.165, 1.54) is 0 Å². The van der Waals surface area contributed by atoms with Gasteiger partial charge in [-0.1, -0.05) is 0 Å². The SMILES string of the molecule is CCOCCOCCNC(=O)C(CCCCNC(=O)COCCOCCOCCNC(=O)COCCOCCOC)NC(=O)COCCOCCOCCNC(=O)COCCOCCOC. The molecule has 0 saturated carbocycles. The molecule has 0 radical (unpaired) electrons. The number of unbranched alkanes of at least 4 members (excludes halogenated alkanes) is 1. The third-order valence-corrected chi connectivity index (χ3v) is 8.18. The minimum Gasteiger partial charge on any atom is -0.382 e. The van der Waals surface area contributed by atoms with Gasteiger partial charge < -0.3 is 92.9 Å². The molecule has 5 N–H and O–H groups in total. The smallest absolute Gasteiger partial charge is 0.246 e. The molecule has 1 atom stereocenters. The topological polar surface area (TPSA) is 275 Å². The molecular formula is C42H81N5O19. The average molecular weight is 960 g/mol. The summed E-state index contributed by atoms with van der Waals surface area (Å²) in [7, 11) is 3.18. The molecule has 0 fully saturated rings. The Morgan fingerprint density at radius 1 is 0.348 bits per heavy atom. The van der Waals surface area contributed by atoms with E-state index in [1.807, 2.05) is 6.92 Å². The lowest BCUT2D eigenvalue weighted by atomic mass is 10.1. The zero-order chi connectivity index (χ0) is 48.2. The number of ether oxygens (including phenoxy) is 14. The molecule has 0 aromatic heterocycles. The van der Waals surface area contributed by atoms with Gasteiger partial charge in [0, 0.05) is 47.0 Å². The summed E-state index contributed by atoms with van der Waals surface area (Å²) in [6.45, 7) is 10.5.